The van der Waals surface area contributed by atoms with Crippen LogP contribution in [0.2, 0.25) is 0 Å². The summed E-state index contributed by atoms with van der Waals surface area (Å²) in [4.78, 5) is 16.7. The Morgan fingerprint density at radius 3 is 2.95 bits per heavy atom. The predicted octanol–water partition coefficient (Wildman–Crippen LogP) is 1.70. The maximum absolute atomic E-state index is 12.1. The Labute approximate surface area is 123 Å². The van der Waals surface area contributed by atoms with Crippen molar-refractivity contribution in [2.24, 2.45) is 5.92 Å². The van der Waals surface area contributed by atoms with Gasteiger partial charge in [-0.05, 0) is 18.8 Å². The third kappa shape index (κ3) is 4.08. The molecule has 2 rings (SSSR count). The lowest BCUT2D eigenvalue weighted by Crippen LogP contribution is -2.28. The Kier molecular flexibility index (Phi) is 5.60. The van der Waals surface area contributed by atoms with Crippen LogP contribution in [-0.2, 0) is 4.74 Å². The van der Waals surface area contributed by atoms with Crippen molar-refractivity contribution in [2.75, 3.05) is 37.9 Å². The molecule has 1 aliphatic carbocycles. The molecule has 0 bridgehead atoms. The van der Waals surface area contributed by atoms with E-state index >= 15 is 0 Å². The average Bonchev–Trinajstić information content (AvgIpc) is 3.06. The lowest BCUT2D eigenvalue weighted by atomic mass is 10.1. The Bertz CT molecular complexity index is 444. The minimum atomic E-state index is -0.119. The number of nitrogens with zero attached hydrogens (tertiary/aromatic N) is 1. The Morgan fingerprint density at radius 1 is 1.50 bits per heavy atom. The first-order valence-corrected chi connectivity index (χ1v) is 7.79. The number of carbonyl (C=O) groups excluding carboxylic acids is 1. The summed E-state index contributed by atoms with van der Waals surface area (Å²) >= 11 is 1.29. The van der Waals surface area contributed by atoms with Crippen molar-refractivity contribution in [1.82, 2.24) is 10.3 Å². The highest BCUT2D eigenvalue weighted by Gasteiger charge is 2.19. The van der Waals surface area contributed by atoms with Gasteiger partial charge in [0.25, 0.3) is 5.91 Å². The number of thiazole rings is 1. The molecule has 1 aromatic rings. The number of ether oxygens (including phenoxy) is 1. The molecule has 0 unspecified atom stereocenters. The molecule has 1 saturated carbocycles. The number of nitrogens with one attached hydrogen (secondary N) is 2. The highest BCUT2D eigenvalue weighted by Crippen LogP contribution is 2.26. The van der Waals surface area contributed by atoms with Crippen LogP contribution in [0, 0.1) is 5.92 Å². The van der Waals surface area contributed by atoms with Gasteiger partial charge in [-0.15, -0.1) is 0 Å². The number of aromatic nitrogens is 1. The first-order valence-electron chi connectivity index (χ1n) is 6.98. The molecule has 1 aliphatic rings. The second kappa shape index (κ2) is 7.44. The number of hydrogen-bond acceptors (Lipinski definition) is 6. The van der Waals surface area contributed by atoms with Gasteiger partial charge in [0.15, 0.2) is 5.13 Å². The molecular weight excluding hydrogens is 276 g/mol. The lowest BCUT2D eigenvalue weighted by molar-refractivity contribution is 0.0952. The van der Waals surface area contributed by atoms with Crippen LogP contribution in [0.4, 0.5) is 10.9 Å². The van der Waals surface area contributed by atoms with Crippen LogP contribution >= 0.6 is 11.3 Å². The van der Waals surface area contributed by atoms with Crippen LogP contribution in [0.15, 0.2) is 0 Å². The molecule has 20 heavy (non-hydrogen) atoms. The third-order valence-electron chi connectivity index (χ3n) is 3.47. The molecule has 1 amide bonds. The second-order valence-electron chi connectivity index (χ2n) is 5.01. The van der Waals surface area contributed by atoms with E-state index in [9.17, 15) is 4.79 Å². The molecule has 1 fully saturated rings. The standard InChI is InChI=1S/C13H22N4O2S/c1-19-7-6-15-13-17-11(14)10(20-13)12(18)16-8-9-4-2-3-5-9/h9H,2-8,14H2,1H3,(H,15,17)(H,16,18). The SMILES string of the molecule is COCCNc1nc(N)c(C(=O)NCC2CCCC2)s1. The second-order valence-corrected chi connectivity index (χ2v) is 6.01. The van der Waals surface area contributed by atoms with Gasteiger partial charge in [-0.2, -0.15) is 0 Å². The Hall–Kier alpha value is -1.34. The molecule has 0 atom stereocenters. The largest absolute Gasteiger partial charge is 0.383 e. The highest BCUT2D eigenvalue weighted by molar-refractivity contribution is 7.18. The van der Waals surface area contributed by atoms with Crippen LogP contribution in [0.1, 0.15) is 35.4 Å². The molecule has 112 valence electrons. The number of rotatable bonds is 7. The molecule has 1 aromatic heterocycles. The number of methoxy groups -OCH3 is 1. The van der Waals surface area contributed by atoms with Gasteiger partial charge in [-0.25, -0.2) is 4.98 Å². The van der Waals surface area contributed by atoms with E-state index in [2.05, 4.69) is 15.6 Å². The summed E-state index contributed by atoms with van der Waals surface area (Å²) in [7, 11) is 1.64. The van der Waals surface area contributed by atoms with E-state index < -0.39 is 0 Å². The van der Waals surface area contributed by atoms with E-state index in [4.69, 9.17) is 10.5 Å². The number of nitrogens with two attached hydrogens (primary N) is 1. The smallest absolute Gasteiger partial charge is 0.265 e. The van der Waals surface area contributed by atoms with Gasteiger partial charge in [0.1, 0.15) is 10.7 Å². The van der Waals surface area contributed by atoms with Gasteiger partial charge in [0, 0.05) is 20.2 Å². The summed E-state index contributed by atoms with van der Waals surface area (Å²) in [6.07, 6.45) is 4.97. The summed E-state index contributed by atoms with van der Waals surface area (Å²) < 4.78 is 4.95. The van der Waals surface area contributed by atoms with Gasteiger partial charge in [-0.3, -0.25) is 4.79 Å². The number of carbonyl (C=O) groups is 1. The van der Waals surface area contributed by atoms with Crippen LogP contribution < -0.4 is 16.4 Å². The molecule has 0 aliphatic heterocycles. The van der Waals surface area contributed by atoms with E-state index in [-0.39, 0.29) is 5.91 Å². The number of amides is 1. The van der Waals surface area contributed by atoms with Crippen LogP contribution in [-0.4, -0.2) is 37.7 Å². The van der Waals surface area contributed by atoms with Crippen molar-refractivity contribution in [3.63, 3.8) is 0 Å². The Balaban J connectivity index is 1.85. The minimum absolute atomic E-state index is 0.119. The zero-order valence-electron chi connectivity index (χ0n) is 11.8. The Morgan fingerprint density at radius 2 is 2.25 bits per heavy atom. The molecular formula is C13H22N4O2S. The summed E-state index contributed by atoms with van der Waals surface area (Å²) in [5.74, 6) is 0.790. The third-order valence-corrected chi connectivity index (χ3v) is 4.50. The monoisotopic (exact) mass is 298 g/mol. The summed E-state index contributed by atoms with van der Waals surface area (Å²) in [5.41, 5.74) is 5.80. The van der Waals surface area contributed by atoms with Gasteiger partial charge in [0.05, 0.1) is 6.61 Å². The van der Waals surface area contributed by atoms with E-state index in [1.165, 1.54) is 37.0 Å². The van der Waals surface area contributed by atoms with E-state index in [1.54, 1.807) is 7.11 Å². The summed E-state index contributed by atoms with van der Waals surface area (Å²) in [6, 6.07) is 0. The van der Waals surface area contributed by atoms with Gasteiger partial charge in [-0.1, -0.05) is 24.2 Å². The maximum Gasteiger partial charge on any atom is 0.265 e. The minimum Gasteiger partial charge on any atom is -0.383 e. The van der Waals surface area contributed by atoms with Gasteiger partial charge >= 0.3 is 0 Å². The molecule has 0 radical (unpaired) electrons. The molecule has 6 nitrogen and oxygen atoms in total. The van der Waals surface area contributed by atoms with Gasteiger partial charge in [0.2, 0.25) is 0 Å². The first-order chi connectivity index (χ1) is 9.70. The molecule has 7 heteroatoms. The number of nitrogen functional groups attached to an aromatic ring is 1. The van der Waals surface area contributed by atoms with Crippen LogP contribution in [0.25, 0.3) is 0 Å². The number of anilines is 2. The van der Waals surface area contributed by atoms with Crippen molar-refractivity contribution < 1.29 is 9.53 Å². The van der Waals surface area contributed by atoms with Crippen molar-refractivity contribution in [3.05, 3.63) is 4.88 Å². The quantitative estimate of drug-likeness (QED) is 0.667. The molecule has 0 saturated heterocycles. The van der Waals surface area contributed by atoms with Crippen molar-refractivity contribution in [3.8, 4) is 0 Å². The predicted molar refractivity (Wildman–Crippen MR) is 81.2 cm³/mol. The topological polar surface area (TPSA) is 89.3 Å². The van der Waals surface area contributed by atoms with Gasteiger partial charge < -0.3 is 21.1 Å². The zero-order valence-corrected chi connectivity index (χ0v) is 12.6. The first kappa shape index (κ1) is 15.1. The summed E-state index contributed by atoms with van der Waals surface area (Å²) in [6.45, 7) is 1.97. The van der Waals surface area contributed by atoms with Crippen molar-refractivity contribution >= 4 is 28.2 Å². The fourth-order valence-electron chi connectivity index (χ4n) is 2.36. The van der Waals surface area contributed by atoms with E-state index in [0.29, 0.717) is 34.9 Å². The fraction of sp³-hybridized carbons (Fsp3) is 0.692. The average molecular weight is 298 g/mol. The molecule has 1 heterocycles. The van der Waals surface area contributed by atoms with Crippen molar-refractivity contribution in [2.45, 2.75) is 25.7 Å². The van der Waals surface area contributed by atoms with Crippen molar-refractivity contribution in [1.29, 1.82) is 0 Å². The molecule has 0 aromatic carbocycles. The normalized spacial score (nSPS) is 15.4. The summed E-state index contributed by atoms with van der Waals surface area (Å²) in [5, 5.41) is 6.70. The number of hydrogen-bond donors (Lipinski definition) is 3. The molecule has 0 spiro atoms. The fourth-order valence-corrected chi connectivity index (χ4v) is 3.19. The zero-order chi connectivity index (χ0) is 14.4. The highest BCUT2D eigenvalue weighted by atomic mass is 32.1. The maximum atomic E-state index is 12.1. The van der Waals surface area contributed by atoms with Crippen LogP contribution in [0.5, 0.6) is 0 Å². The molecule has 4 N–H and O–H groups in total. The lowest BCUT2D eigenvalue weighted by Gasteiger charge is -2.09. The van der Waals surface area contributed by atoms with E-state index in [0.717, 1.165) is 6.54 Å². The van der Waals surface area contributed by atoms with Crippen LogP contribution in [0.3, 0.4) is 0 Å². The van der Waals surface area contributed by atoms with E-state index in [1.807, 2.05) is 0 Å².